The van der Waals surface area contributed by atoms with E-state index in [0.29, 0.717) is 12.5 Å². The Labute approximate surface area is 146 Å². The molecule has 3 rings (SSSR count). The number of nitrogens with zero attached hydrogens (tertiary/aromatic N) is 5. The van der Waals surface area contributed by atoms with Crippen LogP contribution in [0.2, 0.25) is 0 Å². The number of amides is 1. The number of rotatable bonds is 5. The van der Waals surface area contributed by atoms with Crippen molar-refractivity contribution < 1.29 is 4.79 Å². The second-order valence-corrected chi connectivity index (χ2v) is 7.61. The summed E-state index contributed by atoms with van der Waals surface area (Å²) in [6.07, 6.45) is 3.05. The molecule has 0 spiro atoms. The van der Waals surface area contributed by atoms with Gasteiger partial charge in [-0.1, -0.05) is 0 Å². The second-order valence-electron chi connectivity index (χ2n) is 6.88. The Balaban J connectivity index is 1.51. The number of anilines is 1. The Hall–Kier alpha value is -1.72. The van der Waals surface area contributed by atoms with Crippen molar-refractivity contribution in [1.82, 2.24) is 19.6 Å². The molecule has 1 saturated carbocycles. The van der Waals surface area contributed by atoms with E-state index in [1.807, 2.05) is 13.8 Å². The fourth-order valence-electron chi connectivity index (χ4n) is 3.15. The number of carbonyl (C=O) groups is 1. The first kappa shape index (κ1) is 17.1. The predicted molar refractivity (Wildman–Crippen MR) is 92.8 cm³/mol. The highest BCUT2D eigenvalue weighted by molar-refractivity contribution is 7.09. The number of nitrogens with one attached hydrogen (secondary N) is 1. The molecule has 1 saturated heterocycles. The quantitative estimate of drug-likeness (QED) is 0.860. The molecule has 1 aliphatic heterocycles. The molecule has 0 aromatic carbocycles. The molecule has 1 aliphatic carbocycles. The predicted octanol–water partition coefficient (Wildman–Crippen LogP) is 1.17. The van der Waals surface area contributed by atoms with Gasteiger partial charge in [0.2, 0.25) is 11.0 Å². The molecular weight excluding hydrogens is 324 g/mol. The van der Waals surface area contributed by atoms with E-state index >= 15 is 0 Å². The topological polar surface area (TPSA) is 85.2 Å². The maximum atomic E-state index is 12.3. The van der Waals surface area contributed by atoms with E-state index in [-0.39, 0.29) is 5.91 Å². The normalized spacial score (nSPS) is 21.6. The van der Waals surface area contributed by atoms with Crippen molar-refractivity contribution in [2.24, 2.45) is 5.92 Å². The van der Waals surface area contributed by atoms with Gasteiger partial charge >= 0.3 is 0 Å². The van der Waals surface area contributed by atoms with Crippen LogP contribution in [-0.2, 0) is 4.79 Å². The Morgan fingerprint density at radius 3 is 2.83 bits per heavy atom. The summed E-state index contributed by atoms with van der Waals surface area (Å²) in [6, 6.07) is 2.28. The first-order valence-corrected chi connectivity index (χ1v) is 9.27. The average Bonchev–Trinajstić information content (AvgIpc) is 3.35. The second kappa shape index (κ2) is 7.03. The molecule has 0 bridgehead atoms. The summed E-state index contributed by atoms with van der Waals surface area (Å²) in [5, 5.41) is 13.3. The Bertz CT molecular complexity index is 637. The minimum atomic E-state index is -0.709. The summed E-state index contributed by atoms with van der Waals surface area (Å²) in [6.45, 7) is 7.58. The summed E-state index contributed by atoms with van der Waals surface area (Å²) >= 11 is 1.43. The number of aromatic nitrogens is 2. The maximum Gasteiger partial charge on any atom is 0.235 e. The van der Waals surface area contributed by atoms with Crippen LogP contribution >= 0.6 is 11.5 Å². The van der Waals surface area contributed by atoms with Crippen LogP contribution in [0.5, 0.6) is 0 Å². The van der Waals surface area contributed by atoms with E-state index in [4.69, 9.17) is 0 Å². The summed E-state index contributed by atoms with van der Waals surface area (Å²) < 4.78 is 4.24. The molecule has 1 N–H and O–H groups in total. The number of aryl methyl sites for hydroxylation is 1. The van der Waals surface area contributed by atoms with Crippen molar-refractivity contribution >= 4 is 22.6 Å². The molecule has 1 amide bonds. The van der Waals surface area contributed by atoms with Crippen LogP contribution in [0, 0.1) is 24.2 Å². The van der Waals surface area contributed by atoms with Crippen molar-refractivity contribution in [2.45, 2.75) is 38.6 Å². The summed E-state index contributed by atoms with van der Waals surface area (Å²) in [5.74, 6) is 1.07. The molecule has 8 heteroatoms. The molecule has 1 aromatic heterocycles. The van der Waals surface area contributed by atoms with Gasteiger partial charge in [-0.05, 0) is 39.0 Å². The SMILES string of the molecule is Cc1nsc(N2CCCN(CC(=O)N[C@@](C)(C#N)C3CC3)CC2)n1. The highest BCUT2D eigenvalue weighted by Gasteiger charge is 2.43. The minimum absolute atomic E-state index is 0.0499. The lowest BCUT2D eigenvalue weighted by atomic mass is 9.98. The van der Waals surface area contributed by atoms with Gasteiger partial charge in [-0.3, -0.25) is 9.69 Å². The van der Waals surface area contributed by atoms with Crippen LogP contribution in [0.1, 0.15) is 32.0 Å². The number of hydrogen-bond donors (Lipinski definition) is 1. The number of hydrogen-bond acceptors (Lipinski definition) is 7. The monoisotopic (exact) mass is 348 g/mol. The molecule has 0 unspecified atom stereocenters. The number of carbonyl (C=O) groups excluding carboxylic acids is 1. The Morgan fingerprint density at radius 1 is 1.42 bits per heavy atom. The molecule has 2 fully saturated rings. The first-order valence-electron chi connectivity index (χ1n) is 8.50. The number of nitriles is 1. The lowest BCUT2D eigenvalue weighted by Gasteiger charge is -2.26. The largest absolute Gasteiger partial charge is 0.346 e. The average molecular weight is 348 g/mol. The lowest BCUT2D eigenvalue weighted by Crippen LogP contribution is -2.50. The van der Waals surface area contributed by atoms with Gasteiger partial charge in [0.1, 0.15) is 11.4 Å². The van der Waals surface area contributed by atoms with E-state index in [9.17, 15) is 10.1 Å². The van der Waals surface area contributed by atoms with Crippen LogP contribution in [0.25, 0.3) is 0 Å². The van der Waals surface area contributed by atoms with Crippen LogP contribution in [0.3, 0.4) is 0 Å². The highest BCUT2D eigenvalue weighted by atomic mass is 32.1. The van der Waals surface area contributed by atoms with Gasteiger partial charge in [0, 0.05) is 37.7 Å². The van der Waals surface area contributed by atoms with Gasteiger partial charge in [0.05, 0.1) is 12.6 Å². The zero-order valence-corrected chi connectivity index (χ0v) is 15.1. The van der Waals surface area contributed by atoms with Crippen LogP contribution in [0.15, 0.2) is 0 Å². The standard InChI is InChI=1S/C16H24N6OS/c1-12-18-15(24-20-12)22-7-3-6-21(8-9-22)10-14(23)19-16(2,11-17)13-4-5-13/h13H,3-10H2,1-2H3,(H,19,23)/t16-/m0/s1. The molecule has 0 radical (unpaired) electrons. The molecule has 24 heavy (non-hydrogen) atoms. The van der Waals surface area contributed by atoms with E-state index in [0.717, 1.165) is 56.4 Å². The van der Waals surface area contributed by atoms with Crippen LogP contribution in [0.4, 0.5) is 5.13 Å². The smallest absolute Gasteiger partial charge is 0.235 e. The van der Waals surface area contributed by atoms with Crippen LogP contribution < -0.4 is 10.2 Å². The third-order valence-corrected chi connectivity index (χ3v) is 5.64. The van der Waals surface area contributed by atoms with E-state index in [2.05, 4.69) is 30.5 Å². The highest BCUT2D eigenvalue weighted by Crippen LogP contribution is 2.39. The van der Waals surface area contributed by atoms with Gasteiger partial charge in [0.25, 0.3) is 0 Å². The summed E-state index contributed by atoms with van der Waals surface area (Å²) in [4.78, 5) is 21.2. The van der Waals surface area contributed by atoms with Gasteiger partial charge in [-0.25, -0.2) is 4.98 Å². The zero-order chi connectivity index (χ0) is 17.2. The van der Waals surface area contributed by atoms with Crippen LogP contribution in [-0.4, -0.2) is 58.4 Å². The Morgan fingerprint density at radius 2 is 2.21 bits per heavy atom. The molecule has 2 aliphatic rings. The lowest BCUT2D eigenvalue weighted by molar-refractivity contribution is -0.123. The van der Waals surface area contributed by atoms with Gasteiger partial charge < -0.3 is 10.2 Å². The van der Waals surface area contributed by atoms with Gasteiger partial charge in [-0.15, -0.1) is 0 Å². The van der Waals surface area contributed by atoms with E-state index in [1.54, 1.807) is 0 Å². The molecule has 2 heterocycles. The van der Waals surface area contributed by atoms with Gasteiger partial charge in [0.15, 0.2) is 0 Å². The van der Waals surface area contributed by atoms with E-state index in [1.165, 1.54) is 11.5 Å². The molecule has 1 atom stereocenters. The van der Waals surface area contributed by atoms with Crippen molar-refractivity contribution in [3.05, 3.63) is 5.82 Å². The third-order valence-electron chi connectivity index (χ3n) is 4.77. The molecule has 1 aromatic rings. The molecule has 130 valence electrons. The van der Waals surface area contributed by atoms with Crippen molar-refractivity contribution in [2.75, 3.05) is 37.6 Å². The van der Waals surface area contributed by atoms with Gasteiger partial charge in [-0.2, -0.15) is 9.64 Å². The fraction of sp³-hybridized carbons (Fsp3) is 0.750. The fourth-order valence-corrected chi connectivity index (χ4v) is 3.87. The Kier molecular flexibility index (Phi) is 5.01. The maximum absolute atomic E-state index is 12.3. The summed E-state index contributed by atoms with van der Waals surface area (Å²) in [7, 11) is 0. The van der Waals surface area contributed by atoms with Crippen molar-refractivity contribution in [3.63, 3.8) is 0 Å². The third kappa shape index (κ3) is 4.02. The van der Waals surface area contributed by atoms with E-state index < -0.39 is 5.54 Å². The van der Waals surface area contributed by atoms with Crippen molar-refractivity contribution in [3.8, 4) is 6.07 Å². The minimum Gasteiger partial charge on any atom is -0.346 e. The summed E-state index contributed by atoms with van der Waals surface area (Å²) in [5.41, 5.74) is -0.709. The molecule has 7 nitrogen and oxygen atoms in total. The molecular formula is C16H24N6OS. The van der Waals surface area contributed by atoms with Crippen molar-refractivity contribution in [1.29, 1.82) is 5.26 Å². The zero-order valence-electron chi connectivity index (χ0n) is 14.3. The first-order chi connectivity index (χ1) is 11.5.